The van der Waals surface area contributed by atoms with Crippen LogP contribution in [0.1, 0.15) is 29.6 Å². The largest absolute Gasteiger partial charge is 0.322 e. The molecule has 1 saturated heterocycles. The Hall–Kier alpha value is -1.66. The molecule has 22 heavy (non-hydrogen) atoms. The summed E-state index contributed by atoms with van der Waals surface area (Å²) >= 11 is 7.38. The highest BCUT2D eigenvalue weighted by Crippen LogP contribution is 2.33. The van der Waals surface area contributed by atoms with Crippen LogP contribution in [-0.2, 0) is 0 Å². The van der Waals surface area contributed by atoms with Crippen molar-refractivity contribution in [1.82, 2.24) is 9.88 Å². The van der Waals surface area contributed by atoms with Crippen LogP contribution >= 0.6 is 22.9 Å². The fourth-order valence-corrected chi connectivity index (χ4v) is 3.55. The van der Waals surface area contributed by atoms with E-state index in [1.54, 1.807) is 16.2 Å². The van der Waals surface area contributed by atoms with Gasteiger partial charge in [0.1, 0.15) is 5.82 Å². The van der Waals surface area contributed by atoms with Gasteiger partial charge in [-0.15, -0.1) is 11.3 Å². The van der Waals surface area contributed by atoms with Crippen molar-refractivity contribution < 1.29 is 9.18 Å². The number of nitrogens with one attached hydrogen (secondary N) is 1. The molecule has 2 aromatic rings. The lowest BCUT2D eigenvalue weighted by Crippen LogP contribution is -2.34. The number of halogens is 2. The third-order valence-electron chi connectivity index (χ3n) is 3.61. The third kappa shape index (κ3) is 3.23. The molecule has 1 fully saturated rings. The summed E-state index contributed by atoms with van der Waals surface area (Å²) in [5.41, 5.74) is 1.28. The smallest absolute Gasteiger partial charge is 0.316 e. The average molecular weight is 340 g/mol. The second-order valence-electron chi connectivity index (χ2n) is 5.23. The first-order valence-corrected chi connectivity index (χ1v) is 8.24. The zero-order valence-electron chi connectivity index (χ0n) is 12.0. The normalized spacial score (nSPS) is 17.8. The molecule has 4 nitrogen and oxygen atoms in total. The van der Waals surface area contributed by atoms with E-state index in [0.717, 1.165) is 23.5 Å². The van der Waals surface area contributed by atoms with Crippen molar-refractivity contribution in [3.63, 3.8) is 0 Å². The minimum absolute atomic E-state index is 0.0195. The van der Waals surface area contributed by atoms with Gasteiger partial charge in [0.2, 0.25) is 0 Å². The summed E-state index contributed by atoms with van der Waals surface area (Å²) in [6, 6.07) is 3.71. The quantitative estimate of drug-likeness (QED) is 0.868. The number of carbonyl (C=O) groups is 1. The maximum absolute atomic E-state index is 13.3. The molecule has 2 amide bonds. The molecule has 1 aromatic heterocycles. The number of anilines is 1. The Morgan fingerprint density at radius 1 is 1.50 bits per heavy atom. The summed E-state index contributed by atoms with van der Waals surface area (Å²) < 4.78 is 13.3. The summed E-state index contributed by atoms with van der Waals surface area (Å²) in [5, 5.41) is 5.94. The fraction of sp³-hybridized carbons (Fsp3) is 0.333. The molecule has 0 bridgehead atoms. The van der Waals surface area contributed by atoms with E-state index in [9.17, 15) is 9.18 Å². The molecule has 116 valence electrons. The van der Waals surface area contributed by atoms with Gasteiger partial charge in [0, 0.05) is 22.6 Å². The number of aromatic nitrogens is 1. The summed E-state index contributed by atoms with van der Waals surface area (Å²) in [4.78, 5) is 18.7. The van der Waals surface area contributed by atoms with E-state index in [4.69, 9.17) is 11.6 Å². The summed E-state index contributed by atoms with van der Waals surface area (Å²) in [5.74, 6) is -0.476. The molecular weight excluding hydrogens is 325 g/mol. The minimum atomic E-state index is -0.476. The Balaban J connectivity index is 1.76. The minimum Gasteiger partial charge on any atom is -0.316 e. The van der Waals surface area contributed by atoms with Gasteiger partial charge < -0.3 is 10.2 Å². The van der Waals surface area contributed by atoms with Crippen LogP contribution in [-0.4, -0.2) is 22.5 Å². The molecule has 0 radical (unpaired) electrons. The van der Waals surface area contributed by atoms with E-state index in [0.29, 0.717) is 12.2 Å². The van der Waals surface area contributed by atoms with Crippen LogP contribution in [0.2, 0.25) is 5.02 Å². The molecule has 0 aliphatic carbocycles. The first kappa shape index (κ1) is 15.2. The first-order chi connectivity index (χ1) is 10.5. The molecule has 1 aliphatic heterocycles. The number of amides is 2. The molecule has 1 aromatic carbocycles. The topological polar surface area (TPSA) is 45.2 Å². The standard InChI is InChI=1S/C15H15ClFN3OS/c1-9-18-13(8-22-9)14-3-2-4-20(14)15(21)19-12-6-10(16)5-11(17)7-12/h5-8,14H,2-4H2,1H3,(H,19,21)/t14-/m0/s1. The summed E-state index contributed by atoms with van der Waals surface area (Å²) in [6.07, 6.45) is 1.82. The van der Waals surface area contributed by atoms with Crippen LogP contribution in [0.5, 0.6) is 0 Å². The maximum atomic E-state index is 13.3. The number of hydrogen-bond acceptors (Lipinski definition) is 3. The van der Waals surface area contributed by atoms with Crippen molar-refractivity contribution in [1.29, 1.82) is 0 Å². The van der Waals surface area contributed by atoms with Gasteiger partial charge in [0.05, 0.1) is 16.7 Å². The molecule has 3 rings (SSSR count). The van der Waals surface area contributed by atoms with Crippen LogP contribution in [0.15, 0.2) is 23.6 Å². The maximum Gasteiger partial charge on any atom is 0.322 e. The number of carbonyl (C=O) groups excluding carboxylic acids is 1. The number of benzene rings is 1. The SMILES string of the molecule is Cc1nc([C@@H]2CCCN2C(=O)Nc2cc(F)cc(Cl)c2)cs1. The van der Waals surface area contributed by atoms with E-state index in [2.05, 4.69) is 10.3 Å². The van der Waals surface area contributed by atoms with Crippen molar-refractivity contribution in [2.75, 3.05) is 11.9 Å². The van der Waals surface area contributed by atoms with E-state index < -0.39 is 5.82 Å². The zero-order chi connectivity index (χ0) is 15.7. The Kier molecular flexibility index (Phi) is 4.31. The van der Waals surface area contributed by atoms with Crippen LogP contribution in [0.4, 0.5) is 14.9 Å². The second-order valence-corrected chi connectivity index (χ2v) is 6.73. The van der Waals surface area contributed by atoms with Gasteiger partial charge in [-0.1, -0.05) is 11.6 Å². The predicted molar refractivity (Wildman–Crippen MR) is 86.0 cm³/mol. The number of thiazole rings is 1. The summed E-state index contributed by atoms with van der Waals surface area (Å²) in [6.45, 7) is 2.61. The molecule has 0 saturated carbocycles. The monoisotopic (exact) mass is 339 g/mol. The van der Waals surface area contributed by atoms with Crippen molar-refractivity contribution in [2.45, 2.75) is 25.8 Å². The molecule has 1 N–H and O–H groups in total. The molecule has 0 spiro atoms. The van der Waals surface area contributed by atoms with Gasteiger partial charge in [-0.3, -0.25) is 0 Å². The Labute approximate surface area is 136 Å². The average Bonchev–Trinajstić information content (AvgIpc) is 3.05. The van der Waals surface area contributed by atoms with Crippen molar-refractivity contribution in [3.05, 3.63) is 45.1 Å². The van der Waals surface area contributed by atoms with Gasteiger partial charge in [-0.05, 0) is 38.0 Å². The number of hydrogen-bond donors (Lipinski definition) is 1. The van der Waals surface area contributed by atoms with Crippen molar-refractivity contribution >= 4 is 34.7 Å². The second kappa shape index (κ2) is 6.22. The first-order valence-electron chi connectivity index (χ1n) is 6.98. The lowest BCUT2D eigenvalue weighted by atomic mass is 10.2. The lowest BCUT2D eigenvalue weighted by molar-refractivity contribution is 0.206. The number of urea groups is 1. The molecule has 1 atom stereocenters. The van der Waals surface area contributed by atoms with Gasteiger partial charge in [-0.2, -0.15) is 0 Å². The number of nitrogens with zero attached hydrogens (tertiary/aromatic N) is 2. The van der Waals surface area contributed by atoms with Crippen LogP contribution < -0.4 is 5.32 Å². The van der Waals surface area contributed by atoms with E-state index in [-0.39, 0.29) is 17.1 Å². The van der Waals surface area contributed by atoms with Crippen LogP contribution in [0.25, 0.3) is 0 Å². The molecule has 1 aliphatic rings. The highest BCUT2D eigenvalue weighted by molar-refractivity contribution is 7.09. The fourth-order valence-electron chi connectivity index (χ4n) is 2.67. The molecular formula is C15H15ClFN3OS. The van der Waals surface area contributed by atoms with E-state index >= 15 is 0 Å². The van der Waals surface area contributed by atoms with Crippen molar-refractivity contribution in [2.24, 2.45) is 0 Å². The molecule has 0 unspecified atom stereocenters. The van der Waals surface area contributed by atoms with Gasteiger partial charge in [0.15, 0.2) is 0 Å². The Morgan fingerprint density at radius 2 is 2.32 bits per heavy atom. The molecule has 2 heterocycles. The zero-order valence-corrected chi connectivity index (χ0v) is 13.5. The van der Waals surface area contributed by atoms with E-state index in [1.807, 2.05) is 12.3 Å². The van der Waals surface area contributed by atoms with Crippen LogP contribution in [0, 0.1) is 12.7 Å². The lowest BCUT2D eigenvalue weighted by Gasteiger charge is -2.23. The number of rotatable bonds is 2. The Bertz CT molecular complexity index is 686. The summed E-state index contributed by atoms with van der Waals surface area (Å²) in [7, 11) is 0. The predicted octanol–water partition coefficient (Wildman–Crippen LogP) is 4.61. The van der Waals surface area contributed by atoms with Gasteiger partial charge in [0.25, 0.3) is 0 Å². The molecule has 7 heteroatoms. The van der Waals surface area contributed by atoms with Crippen molar-refractivity contribution in [3.8, 4) is 0 Å². The van der Waals surface area contributed by atoms with E-state index in [1.165, 1.54) is 18.2 Å². The van der Waals surface area contributed by atoms with Gasteiger partial charge in [-0.25, -0.2) is 14.2 Å². The van der Waals surface area contributed by atoms with Gasteiger partial charge >= 0.3 is 6.03 Å². The third-order valence-corrected chi connectivity index (χ3v) is 4.62. The number of aryl methyl sites for hydroxylation is 1. The van der Waals surface area contributed by atoms with Crippen LogP contribution in [0.3, 0.4) is 0 Å². The number of likely N-dealkylation sites (tertiary alicyclic amines) is 1. The highest BCUT2D eigenvalue weighted by Gasteiger charge is 2.31. The highest BCUT2D eigenvalue weighted by atomic mass is 35.5. The Morgan fingerprint density at radius 3 is 3.00 bits per heavy atom.